The van der Waals surface area contributed by atoms with Gasteiger partial charge < -0.3 is 14.4 Å². The van der Waals surface area contributed by atoms with Gasteiger partial charge in [0.2, 0.25) is 11.8 Å². The molecule has 5 rings (SSSR count). The Morgan fingerprint density at radius 3 is 2.73 bits per heavy atom. The zero-order chi connectivity index (χ0) is 28.9. The molecule has 2 aromatic rings. The van der Waals surface area contributed by atoms with Crippen LogP contribution in [-0.4, -0.2) is 58.8 Å². The molecule has 1 aromatic carbocycles. The second kappa shape index (κ2) is 13.6. The lowest BCUT2D eigenvalue weighted by Crippen LogP contribution is -2.43. The highest BCUT2D eigenvalue weighted by atomic mass is 35.5. The van der Waals surface area contributed by atoms with Crippen molar-refractivity contribution in [2.75, 3.05) is 27.2 Å². The lowest BCUT2D eigenvalue weighted by atomic mass is 9.81. The number of benzene rings is 1. The fourth-order valence-electron chi connectivity index (χ4n) is 6.75. The van der Waals surface area contributed by atoms with Crippen molar-refractivity contribution in [3.63, 3.8) is 0 Å². The number of carbonyl (C=O) groups is 2. The van der Waals surface area contributed by atoms with Crippen LogP contribution in [0.2, 0.25) is 0 Å². The predicted molar refractivity (Wildman–Crippen MR) is 163 cm³/mol. The number of halogens is 1. The average Bonchev–Trinajstić information content (AvgIpc) is 3.30. The SMILES string of the molecule is CCCCCN(C)C(=O)CN1C(=O)CCn2c(c(C3CCCCC3)c3ccc(COOC)cc32)C2=C1CC(Cl)C=C2. The number of unbranched alkanes of at least 4 members (excludes halogenated alkanes) is 2. The molecular weight excluding hydrogens is 538 g/mol. The van der Waals surface area contributed by atoms with E-state index in [1.54, 1.807) is 9.80 Å². The summed E-state index contributed by atoms with van der Waals surface area (Å²) in [7, 11) is 3.36. The number of aromatic nitrogens is 1. The third kappa shape index (κ3) is 6.42. The Balaban J connectivity index is 1.64. The molecule has 1 aliphatic heterocycles. The highest BCUT2D eigenvalue weighted by molar-refractivity contribution is 6.22. The number of allylic oxidation sites excluding steroid dienone is 4. The van der Waals surface area contributed by atoms with Gasteiger partial charge in [-0.25, -0.2) is 9.78 Å². The van der Waals surface area contributed by atoms with Crippen LogP contribution in [0, 0.1) is 0 Å². The maximum Gasteiger partial charge on any atom is 0.242 e. The first-order chi connectivity index (χ1) is 19.9. The number of rotatable bonds is 10. The normalized spacial score (nSPS) is 19.8. The van der Waals surface area contributed by atoms with Gasteiger partial charge in [-0.3, -0.25) is 9.59 Å². The third-order valence-corrected chi connectivity index (χ3v) is 9.24. The monoisotopic (exact) mass is 581 g/mol. The smallest absolute Gasteiger partial charge is 0.242 e. The molecule has 0 saturated heterocycles. The minimum Gasteiger partial charge on any atom is -0.344 e. The van der Waals surface area contributed by atoms with Crippen molar-refractivity contribution in [2.45, 2.75) is 95.6 Å². The zero-order valence-electron chi connectivity index (χ0n) is 24.8. The highest BCUT2D eigenvalue weighted by Crippen LogP contribution is 2.46. The summed E-state index contributed by atoms with van der Waals surface area (Å²) in [5.41, 5.74) is 6.61. The highest BCUT2D eigenvalue weighted by Gasteiger charge is 2.35. The molecule has 0 spiro atoms. The molecule has 0 N–H and O–H groups in total. The van der Waals surface area contributed by atoms with Gasteiger partial charge in [-0.1, -0.05) is 63.3 Å². The Morgan fingerprint density at radius 1 is 1.17 bits per heavy atom. The molecule has 8 heteroatoms. The van der Waals surface area contributed by atoms with E-state index in [1.165, 1.54) is 43.0 Å². The van der Waals surface area contributed by atoms with Crippen molar-refractivity contribution in [2.24, 2.45) is 0 Å². The predicted octanol–water partition coefficient (Wildman–Crippen LogP) is 6.93. The van der Waals surface area contributed by atoms with Gasteiger partial charge in [0.05, 0.1) is 18.2 Å². The zero-order valence-corrected chi connectivity index (χ0v) is 25.5. The fourth-order valence-corrected chi connectivity index (χ4v) is 6.97. The van der Waals surface area contributed by atoms with Gasteiger partial charge in [0.25, 0.3) is 0 Å². The number of alkyl halides is 1. The molecule has 7 nitrogen and oxygen atoms in total. The van der Waals surface area contributed by atoms with Crippen LogP contribution in [0.5, 0.6) is 0 Å². The van der Waals surface area contributed by atoms with E-state index >= 15 is 0 Å². The summed E-state index contributed by atoms with van der Waals surface area (Å²) in [6.45, 7) is 3.82. The Labute approximate surface area is 249 Å². The van der Waals surface area contributed by atoms with E-state index in [1.807, 2.05) is 13.1 Å². The maximum absolute atomic E-state index is 13.8. The van der Waals surface area contributed by atoms with E-state index in [9.17, 15) is 9.59 Å². The van der Waals surface area contributed by atoms with Crippen molar-refractivity contribution in [3.05, 3.63) is 52.9 Å². The standard InChI is InChI=1S/C33H44ClN3O4/c1-4-5-9-17-35(2)31(39)21-37-29-20-25(34)13-15-27(29)33-32(24-10-7-6-8-11-24)26-14-12-23(22-41-40-3)19-28(26)36(33)18-16-30(37)38/h12-15,19,24-25H,4-11,16-18,20-22H2,1-3H3. The second-order valence-electron chi connectivity index (χ2n) is 11.7. The molecule has 1 atom stereocenters. The van der Waals surface area contributed by atoms with Crippen LogP contribution in [-0.2, 0) is 32.5 Å². The van der Waals surface area contributed by atoms with Gasteiger partial charge in [-0.15, -0.1) is 11.6 Å². The number of nitrogens with zero attached hydrogens (tertiary/aromatic N) is 3. The molecule has 0 bridgehead atoms. The van der Waals surface area contributed by atoms with Gasteiger partial charge >= 0.3 is 0 Å². The summed E-state index contributed by atoms with van der Waals surface area (Å²) in [6.07, 6.45) is 14.2. The molecule has 1 saturated carbocycles. The van der Waals surface area contributed by atoms with E-state index < -0.39 is 0 Å². The lowest BCUT2D eigenvalue weighted by Gasteiger charge is -2.34. The van der Waals surface area contributed by atoms with Crippen LogP contribution in [0.15, 0.2) is 36.0 Å². The van der Waals surface area contributed by atoms with E-state index in [-0.39, 0.29) is 23.7 Å². The Morgan fingerprint density at radius 2 is 1.98 bits per heavy atom. The van der Waals surface area contributed by atoms with Gasteiger partial charge in [-0.05, 0) is 42.4 Å². The van der Waals surface area contributed by atoms with Crippen molar-refractivity contribution in [1.29, 1.82) is 0 Å². The fraction of sp³-hybridized carbons (Fsp3) is 0.576. The molecule has 3 aliphatic rings. The summed E-state index contributed by atoms with van der Waals surface area (Å²) in [6, 6.07) is 6.52. The molecule has 1 unspecified atom stereocenters. The number of aryl methyl sites for hydroxylation is 1. The summed E-state index contributed by atoms with van der Waals surface area (Å²) in [5, 5.41) is 1.02. The topological polar surface area (TPSA) is 64.0 Å². The van der Waals surface area contributed by atoms with Crippen molar-refractivity contribution >= 4 is 39.9 Å². The molecule has 2 heterocycles. The van der Waals surface area contributed by atoms with E-state index in [0.29, 0.717) is 38.5 Å². The Hall–Kier alpha value is -2.61. The van der Waals surface area contributed by atoms with Crippen LogP contribution in [0.1, 0.15) is 93.9 Å². The van der Waals surface area contributed by atoms with Gasteiger partial charge in [0.1, 0.15) is 13.2 Å². The van der Waals surface area contributed by atoms with Crippen molar-refractivity contribution in [1.82, 2.24) is 14.4 Å². The number of hydrogen-bond donors (Lipinski definition) is 0. The molecular formula is C33H44ClN3O4. The van der Waals surface area contributed by atoms with E-state index in [4.69, 9.17) is 21.4 Å². The van der Waals surface area contributed by atoms with Crippen LogP contribution < -0.4 is 0 Å². The molecule has 2 aliphatic carbocycles. The summed E-state index contributed by atoms with van der Waals surface area (Å²) >= 11 is 6.70. The van der Waals surface area contributed by atoms with Crippen molar-refractivity contribution < 1.29 is 19.4 Å². The first kappa shape index (κ1) is 29.9. The first-order valence-electron chi connectivity index (χ1n) is 15.3. The van der Waals surface area contributed by atoms with Crippen LogP contribution >= 0.6 is 11.6 Å². The number of amides is 2. The number of fused-ring (bicyclic) bond motifs is 4. The quantitative estimate of drug-likeness (QED) is 0.132. The maximum atomic E-state index is 13.8. The van der Waals surface area contributed by atoms with Gasteiger partial charge in [0, 0.05) is 55.2 Å². The molecule has 1 aromatic heterocycles. The van der Waals surface area contributed by atoms with Gasteiger partial charge in [-0.2, -0.15) is 0 Å². The number of carbonyl (C=O) groups excluding carboxylic acids is 2. The molecule has 2 amide bonds. The lowest BCUT2D eigenvalue weighted by molar-refractivity contribution is -0.282. The van der Waals surface area contributed by atoms with E-state index in [2.05, 4.69) is 35.8 Å². The summed E-state index contributed by atoms with van der Waals surface area (Å²) < 4.78 is 2.34. The van der Waals surface area contributed by atoms with Crippen LogP contribution in [0.25, 0.3) is 16.5 Å². The minimum absolute atomic E-state index is 0.0293. The largest absolute Gasteiger partial charge is 0.344 e. The first-order valence-corrected chi connectivity index (χ1v) is 15.8. The molecule has 0 radical (unpaired) electrons. The number of hydrogen-bond acceptors (Lipinski definition) is 4. The summed E-state index contributed by atoms with van der Waals surface area (Å²) in [5.74, 6) is 0.394. The van der Waals surface area contributed by atoms with E-state index in [0.717, 1.165) is 54.5 Å². The Bertz CT molecular complexity index is 1320. The molecule has 222 valence electrons. The Kier molecular flexibility index (Phi) is 9.89. The molecule has 41 heavy (non-hydrogen) atoms. The third-order valence-electron chi connectivity index (χ3n) is 8.94. The summed E-state index contributed by atoms with van der Waals surface area (Å²) in [4.78, 5) is 40.8. The minimum atomic E-state index is -0.227. The molecule has 1 fully saturated rings. The average molecular weight is 582 g/mol. The van der Waals surface area contributed by atoms with Crippen LogP contribution in [0.3, 0.4) is 0 Å². The van der Waals surface area contributed by atoms with Gasteiger partial charge in [0.15, 0.2) is 0 Å². The van der Waals surface area contributed by atoms with Crippen molar-refractivity contribution in [3.8, 4) is 0 Å². The second-order valence-corrected chi connectivity index (χ2v) is 12.3. The number of likely N-dealkylation sites (N-methyl/N-ethyl adjacent to an activating group) is 1. The van der Waals surface area contributed by atoms with Crippen LogP contribution in [0.4, 0.5) is 0 Å².